The van der Waals surface area contributed by atoms with E-state index in [1.54, 1.807) is 0 Å². The topological polar surface area (TPSA) is 29.9 Å². The zero-order valence-electron chi connectivity index (χ0n) is 10.1. The summed E-state index contributed by atoms with van der Waals surface area (Å²) in [7, 11) is 2.05. The fraction of sp³-hybridized carbons (Fsp3) is 0.750. The summed E-state index contributed by atoms with van der Waals surface area (Å²) >= 11 is 2.11. The minimum atomic E-state index is 0.695. The Kier molecular flexibility index (Phi) is 4.29. The Hall–Kier alpha value is -0.480. The maximum absolute atomic E-state index is 4.33. The predicted octanol–water partition coefficient (Wildman–Crippen LogP) is 2.18. The molecule has 0 aliphatic heterocycles. The van der Waals surface area contributed by atoms with Crippen molar-refractivity contribution in [2.45, 2.75) is 44.0 Å². The van der Waals surface area contributed by atoms with Crippen molar-refractivity contribution in [1.29, 1.82) is 0 Å². The van der Waals surface area contributed by atoms with Crippen molar-refractivity contribution in [1.82, 2.24) is 14.9 Å². The summed E-state index contributed by atoms with van der Waals surface area (Å²) in [5.74, 6) is 2.38. The van der Waals surface area contributed by atoms with E-state index in [9.17, 15) is 0 Å². The lowest BCUT2D eigenvalue weighted by molar-refractivity contribution is 0.508. The van der Waals surface area contributed by atoms with Gasteiger partial charge in [0.25, 0.3) is 0 Å². The quantitative estimate of drug-likeness (QED) is 0.854. The Labute approximate surface area is 102 Å². The van der Waals surface area contributed by atoms with Gasteiger partial charge in [0, 0.05) is 30.7 Å². The molecule has 16 heavy (non-hydrogen) atoms. The highest BCUT2D eigenvalue weighted by Crippen LogP contribution is 2.29. The number of hydrogen-bond donors (Lipinski definition) is 1. The lowest BCUT2D eigenvalue weighted by atomic mass is 10.2. The first-order valence-electron chi connectivity index (χ1n) is 6.10. The molecule has 2 atom stereocenters. The van der Waals surface area contributed by atoms with E-state index in [4.69, 9.17) is 0 Å². The minimum absolute atomic E-state index is 0.695. The lowest BCUT2D eigenvalue weighted by Gasteiger charge is -2.12. The molecule has 0 spiro atoms. The molecule has 1 N–H and O–H groups in total. The van der Waals surface area contributed by atoms with E-state index in [-0.39, 0.29) is 0 Å². The van der Waals surface area contributed by atoms with Crippen LogP contribution in [0.2, 0.25) is 0 Å². The van der Waals surface area contributed by atoms with E-state index in [2.05, 4.69) is 40.6 Å². The van der Waals surface area contributed by atoms with E-state index >= 15 is 0 Å². The van der Waals surface area contributed by atoms with Gasteiger partial charge < -0.3 is 9.88 Å². The van der Waals surface area contributed by atoms with E-state index in [0.717, 1.165) is 17.6 Å². The van der Waals surface area contributed by atoms with Crippen molar-refractivity contribution in [3.63, 3.8) is 0 Å². The molecule has 0 aromatic carbocycles. The predicted molar refractivity (Wildman–Crippen MR) is 69.6 cm³/mol. The number of aryl methyl sites for hydroxylation is 1. The Balaban J connectivity index is 1.74. The fourth-order valence-corrected chi connectivity index (χ4v) is 3.46. The van der Waals surface area contributed by atoms with Crippen molar-refractivity contribution in [2.24, 2.45) is 7.05 Å². The number of nitrogens with zero attached hydrogens (tertiary/aromatic N) is 2. The Morgan fingerprint density at radius 3 is 3.12 bits per heavy atom. The Morgan fingerprint density at radius 2 is 2.44 bits per heavy atom. The van der Waals surface area contributed by atoms with Crippen LogP contribution in [0.4, 0.5) is 0 Å². The van der Waals surface area contributed by atoms with Crippen LogP contribution in [0.3, 0.4) is 0 Å². The third-order valence-corrected chi connectivity index (χ3v) is 4.49. The van der Waals surface area contributed by atoms with Crippen molar-refractivity contribution in [2.75, 3.05) is 5.75 Å². The molecule has 0 saturated heterocycles. The minimum Gasteiger partial charge on any atom is -0.337 e. The lowest BCUT2D eigenvalue weighted by Crippen LogP contribution is -2.27. The van der Waals surface area contributed by atoms with Crippen LogP contribution in [0, 0.1) is 0 Å². The summed E-state index contributed by atoms with van der Waals surface area (Å²) in [5, 5.41) is 4.50. The van der Waals surface area contributed by atoms with Gasteiger partial charge in [-0.2, -0.15) is 11.8 Å². The number of imidazole rings is 1. The number of thioether (sulfide) groups is 1. The van der Waals surface area contributed by atoms with Crippen LogP contribution in [0.15, 0.2) is 12.4 Å². The van der Waals surface area contributed by atoms with Gasteiger partial charge in [-0.05, 0) is 25.0 Å². The van der Waals surface area contributed by atoms with Crippen LogP contribution < -0.4 is 5.32 Å². The summed E-state index contributed by atoms with van der Waals surface area (Å²) in [4.78, 5) is 4.33. The van der Waals surface area contributed by atoms with Crippen molar-refractivity contribution in [3.8, 4) is 0 Å². The van der Waals surface area contributed by atoms with Crippen molar-refractivity contribution >= 4 is 11.8 Å². The summed E-state index contributed by atoms with van der Waals surface area (Å²) in [6.45, 7) is 3.15. The molecule has 1 fully saturated rings. The van der Waals surface area contributed by atoms with Crippen LogP contribution in [0.25, 0.3) is 0 Å². The van der Waals surface area contributed by atoms with E-state index in [1.165, 1.54) is 25.0 Å². The maximum atomic E-state index is 4.33. The molecule has 1 aliphatic carbocycles. The first-order chi connectivity index (χ1) is 7.79. The number of rotatable bonds is 5. The van der Waals surface area contributed by atoms with Gasteiger partial charge in [-0.3, -0.25) is 0 Å². The van der Waals surface area contributed by atoms with Crippen LogP contribution >= 0.6 is 11.8 Å². The number of aromatic nitrogens is 2. The third kappa shape index (κ3) is 3.01. The van der Waals surface area contributed by atoms with E-state index in [1.807, 2.05) is 12.4 Å². The molecule has 1 aliphatic rings. The third-order valence-electron chi connectivity index (χ3n) is 3.26. The van der Waals surface area contributed by atoms with Gasteiger partial charge in [0.2, 0.25) is 0 Å². The number of hydrogen-bond acceptors (Lipinski definition) is 3. The molecule has 0 amide bonds. The fourth-order valence-electron chi connectivity index (χ4n) is 2.32. The average molecular weight is 239 g/mol. The largest absolute Gasteiger partial charge is 0.337 e. The normalized spacial score (nSPS) is 25.1. The number of nitrogens with one attached hydrogen (secondary N) is 1. The van der Waals surface area contributed by atoms with Crippen LogP contribution in [0.1, 0.15) is 32.0 Å². The van der Waals surface area contributed by atoms with Crippen LogP contribution in [-0.4, -0.2) is 26.6 Å². The molecule has 0 radical (unpaired) electrons. The van der Waals surface area contributed by atoms with Gasteiger partial charge in [-0.25, -0.2) is 4.98 Å². The molecular formula is C12H21N3S. The molecule has 1 aromatic rings. The second-order valence-electron chi connectivity index (χ2n) is 4.42. The van der Waals surface area contributed by atoms with Gasteiger partial charge in [0.1, 0.15) is 5.82 Å². The summed E-state index contributed by atoms with van der Waals surface area (Å²) in [6.07, 6.45) is 7.88. The summed E-state index contributed by atoms with van der Waals surface area (Å²) in [5.41, 5.74) is 0. The van der Waals surface area contributed by atoms with Gasteiger partial charge in [-0.15, -0.1) is 0 Å². The Morgan fingerprint density at radius 1 is 1.56 bits per heavy atom. The second kappa shape index (κ2) is 5.73. The van der Waals surface area contributed by atoms with Gasteiger partial charge in [0.15, 0.2) is 0 Å². The highest BCUT2D eigenvalue weighted by molar-refractivity contribution is 7.99. The molecule has 1 heterocycles. The van der Waals surface area contributed by atoms with Crippen molar-refractivity contribution < 1.29 is 0 Å². The maximum Gasteiger partial charge on any atom is 0.122 e. The highest BCUT2D eigenvalue weighted by atomic mass is 32.2. The van der Waals surface area contributed by atoms with E-state index in [0.29, 0.717) is 6.04 Å². The Bertz CT molecular complexity index is 324. The van der Waals surface area contributed by atoms with Crippen LogP contribution in [-0.2, 0) is 13.6 Å². The van der Waals surface area contributed by atoms with Gasteiger partial charge in [0.05, 0.1) is 6.54 Å². The molecule has 1 saturated carbocycles. The van der Waals surface area contributed by atoms with Crippen molar-refractivity contribution in [3.05, 3.63) is 18.2 Å². The monoisotopic (exact) mass is 239 g/mol. The SMILES string of the molecule is CCSC1CCC(NCc2nccn2C)C1. The molecule has 0 bridgehead atoms. The molecular weight excluding hydrogens is 218 g/mol. The molecule has 1 aromatic heterocycles. The van der Waals surface area contributed by atoms with Gasteiger partial charge >= 0.3 is 0 Å². The smallest absolute Gasteiger partial charge is 0.122 e. The highest BCUT2D eigenvalue weighted by Gasteiger charge is 2.24. The molecule has 3 nitrogen and oxygen atoms in total. The summed E-state index contributed by atoms with van der Waals surface area (Å²) < 4.78 is 2.08. The molecule has 90 valence electrons. The zero-order chi connectivity index (χ0) is 11.4. The van der Waals surface area contributed by atoms with Crippen LogP contribution in [0.5, 0.6) is 0 Å². The second-order valence-corrected chi connectivity index (χ2v) is 6.00. The standard InChI is InChI=1S/C12H21N3S/c1-3-16-11-5-4-10(8-11)14-9-12-13-6-7-15(12)2/h6-7,10-11,14H,3-5,8-9H2,1-2H3. The molecule has 4 heteroatoms. The average Bonchev–Trinajstić information content (AvgIpc) is 2.86. The first-order valence-corrected chi connectivity index (χ1v) is 7.15. The molecule has 2 rings (SSSR count). The van der Waals surface area contributed by atoms with Gasteiger partial charge in [-0.1, -0.05) is 6.92 Å². The first kappa shape index (κ1) is 12.0. The zero-order valence-corrected chi connectivity index (χ0v) is 11.0. The summed E-state index contributed by atoms with van der Waals surface area (Å²) in [6, 6.07) is 0.695. The molecule has 2 unspecified atom stereocenters. The van der Waals surface area contributed by atoms with E-state index < -0.39 is 0 Å².